The number of fused-ring (bicyclic) bond motifs is 3. The van der Waals surface area contributed by atoms with Crippen molar-refractivity contribution in [2.75, 3.05) is 0 Å². The Balaban J connectivity index is 1.50. The number of para-hydroxylation sites is 6. The average Bonchev–Trinajstić information content (AvgIpc) is 3.75. The van der Waals surface area contributed by atoms with Crippen molar-refractivity contribution in [3.05, 3.63) is 151 Å². The highest BCUT2D eigenvalue weighted by molar-refractivity contribution is 5.87. The third kappa shape index (κ3) is 4.08. The van der Waals surface area contributed by atoms with Crippen molar-refractivity contribution in [3.8, 4) is 18.2 Å². The topological polar surface area (TPSA) is 158 Å². The Morgan fingerprint density at radius 2 is 0.714 bits per heavy atom. The van der Waals surface area contributed by atoms with E-state index in [2.05, 4.69) is 53.1 Å². The molecule has 0 unspecified atom stereocenters. The lowest BCUT2D eigenvalue weighted by Gasteiger charge is -2.09. The van der Waals surface area contributed by atoms with Crippen LogP contribution in [0.15, 0.2) is 132 Å². The van der Waals surface area contributed by atoms with E-state index in [4.69, 9.17) is 0 Å². The summed E-state index contributed by atoms with van der Waals surface area (Å²) in [6.45, 7) is 0. The molecule has 42 heavy (non-hydrogen) atoms. The minimum Gasteiger partial charge on any atom is -0.246 e. The second-order valence-electron chi connectivity index (χ2n) is 9.19. The number of hydrogen-bond donors (Lipinski definition) is 0. The highest BCUT2D eigenvalue weighted by Gasteiger charge is 2.22. The largest absolute Gasteiger partial charge is 0.246 e. The number of hydrogen-bond acceptors (Lipinski definition) is 10. The van der Waals surface area contributed by atoms with E-state index >= 15 is 0 Å². The molecule has 0 N–H and O–H groups in total. The molecule has 0 saturated heterocycles. The maximum absolute atomic E-state index is 10.3. The molecule has 3 aliphatic rings. The summed E-state index contributed by atoms with van der Waals surface area (Å²) in [7, 11) is 0. The molecule has 0 radical (unpaired) electrons. The van der Waals surface area contributed by atoms with Crippen molar-refractivity contribution in [2.24, 2.45) is 30.0 Å². The monoisotopic (exact) mass is 538 g/mol. The first-order valence-corrected chi connectivity index (χ1v) is 12.7. The van der Waals surface area contributed by atoms with Crippen LogP contribution >= 0.6 is 0 Å². The van der Waals surface area contributed by atoms with E-state index in [1.165, 1.54) is 0 Å². The van der Waals surface area contributed by atoms with Crippen LogP contribution in [0.5, 0.6) is 0 Å². The predicted molar refractivity (Wildman–Crippen MR) is 148 cm³/mol. The molecule has 3 aliphatic heterocycles. The van der Waals surface area contributed by atoms with Crippen LogP contribution in [0.25, 0.3) is 16.7 Å². The van der Waals surface area contributed by atoms with Gasteiger partial charge in [-0.1, -0.05) is 36.4 Å². The Morgan fingerprint density at radius 1 is 0.429 bits per heavy atom. The normalized spacial score (nSPS) is 13.2. The first kappa shape index (κ1) is 24.3. The van der Waals surface area contributed by atoms with E-state index in [-0.39, 0.29) is 45.6 Å². The van der Waals surface area contributed by atoms with Crippen LogP contribution in [-0.2, 0) is 0 Å². The fraction of sp³-hybridized carbons (Fsp3) is 0. The molecule has 7 rings (SSSR count). The molecule has 0 saturated carbocycles. The van der Waals surface area contributed by atoms with Gasteiger partial charge in [0.05, 0.1) is 43.5 Å². The van der Waals surface area contributed by atoms with Crippen molar-refractivity contribution in [2.45, 2.75) is 0 Å². The van der Waals surface area contributed by atoms with E-state index in [0.29, 0.717) is 37.7 Å². The van der Waals surface area contributed by atoms with Gasteiger partial charge in [0, 0.05) is 5.56 Å². The summed E-state index contributed by atoms with van der Waals surface area (Å²) in [5, 5.41) is 34.6. The SMILES string of the molecule is N#CC(=C1N=c2ccccc2=N1)c1cc(C(C#N)=C2N=c3ccccc3=N2)nc(C(C#N)=C2N=c3ccccc3=N2)c1. The van der Waals surface area contributed by atoms with Gasteiger partial charge in [-0.05, 0) is 48.5 Å². The van der Waals surface area contributed by atoms with Gasteiger partial charge in [-0.3, -0.25) is 0 Å². The summed E-state index contributed by atoms with van der Waals surface area (Å²) < 4.78 is 0. The molecule has 0 fully saturated rings. The molecule has 4 heterocycles. The minimum atomic E-state index is 0.0750. The van der Waals surface area contributed by atoms with Crippen molar-refractivity contribution >= 4 is 16.7 Å². The standard InChI is InChI=1S/C32H14N10/c33-15-19(30-37-22-7-1-2-8-23(22)38-30)18-13-28(20(16-34)31-39-24-9-3-4-10-25(24)40-31)36-29(14-18)21(17-35)32-41-26-11-5-6-12-27(26)42-32/h1-14H. The van der Waals surface area contributed by atoms with Gasteiger partial charge < -0.3 is 0 Å². The summed E-state index contributed by atoms with van der Waals surface area (Å²) in [5.74, 6) is 0.568. The highest BCUT2D eigenvalue weighted by Crippen LogP contribution is 2.29. The molecule has 10 nitrogen and oxygen atoms in total. The average molecular weight is 539 g/mol. The van der Waals surface area contributed by atoms with Crippen LogP contribution in [0.1, 0.15) is 17.0 Å². The van der Waals surface area contributed by atoms with Crippen LogP contribution in [-0.4, -0.2) is 4.98 Å². The molecule has 0 atom stereocenters. The molecule has 1 aromatic heterocycles. The van der Waals surface area contributed by atoms with Gasteiger partial charge >= 0.3 is 0 Å². The number of allylic oxidation sites excluding steroid dienone is 3. The summed E-state index contributed by atoms with van der Waals surface area (Å²) >= 11 is 0. The first-order chi connectivity index (χ1) is 20.6. The Bertz CT molecular complexity index is 2100. The van der Waals surface area contributed by atoms with Crippen LogP contribution in [0.3, 0.4) is 0 Å². The van der Waals surface area contributed by atoms with Gasteiger partial charge in [0.2, 0.25) is 0 Å². The maximum atomic E-state index is 10.3. The second-order valence-corrected chi connectivity index (χ2v) is 9.19. The second kappa shape index (κ2) is 9.80. The lowest BCUT2D eigenvalue weighted by Crippen LogP contribution is -2.19. The Kier molecular flexibility index (Phi) is 5.68. The van der Waals surface area contributed by atoms with Gasteiger partial charge in [0.1, 0.15) is 34.9 Å². The molecule has 192 valence electrons. The van der Waals surface area contributed by atoms with Gasteiger partial charge in [-0.2, -0.15) is 15.8 Å². The molecule has 4 aromatic rings. The van der Waals surface area contributed by atoms with Crippen molar-refractivity contribution < 1.29 is 0 Å². The summed E-state index contributed by atoms with van der Waals surface area (Å²) in [6, 6.07) is 31.5. The third-order valence-corrected chi connectivity index (χ3v) is 6.64. The fourth-order valence-electron chi connectivity index (χ4n) is 4.67. The zero-order chi connectivity index (χ0) is 28.6. The first-order valence-electron chi connectivity index (χ1n) is 12.7. The number of aromatic nitrogens is 1. The highest BCUT2D eigenvalue weighted by atomic mass is 15.0. The lowest BCUT2D eigenvalue weighted by atomic mass is 10.0. The van der Waals surface area contributed by atoms with Crippen molar-refractivity contribution in [1.82, 2.24) is 4.98 Å². The minimum absolute atomic E-state index is 0.0750. The van der Waals surface area contributed by atoms with Crippen LogP contribution in [0.2, 0.25) is 0 Å². The molecular weight excluding hydrogens is 524 g/mol. The van der Waals surface area contributed by atoms with Crippen LogP contribution in [0.4, 0.5) is 0 Å². The van der Waals surface area contributed by atoms with Crippen LogP contribution in [0, 0.1) is 34.0 Å². The maximum Gasteiger partial charge on any atom is 0.173 e. The van der Waals surface area contributed by atoms with Crippen LogP contribution < -0.4 is 32.1 Å². The van der Waals surface area contributed by atoms with Gasteiger partial charge in [-0.25, -0.2) is 34.9 Å². The van der Waals surface area contributed by atoms with Gasteiger partial charge in [0.25, 0.3) is 0 Å². The Labute approximate surface area is 237 Å². The number of benzene rings is 3. The van der Waals surface area contributed by atoms with E-state index in [9.17, 15) is 15.8 Å². The van der Waals surface area contributed by atoms with E-state index in [0.717, 1.165) is 0 Å². The van der Waals surface area contributed by atoms with Crippen molar-refractivity contribution in [3.63, 3.8) is 0 Å². The number of nitriles is 3. The summed E-state index contributed by atoms with van der Waals surface area (Å²) in [5.41, 5.74) is 1.01. The summed E-state index contributed by atoms with van der Waals surface area (Å²) in [4.78, 5) is 31.8. The quantitative estimate of drug-likeness (QED) is 0.362. The smallest absolute Gasteiger partial charge is 0.173 e. The van der Waals surface area contributed by atoms with Gasteiger partial charge in [-0.15, -0.1) is 0 Å². The molecule has 0 amide bonds. The molecule has 10 heteroatoms. The van der Waals surface area contributed by atoms with Crippen molar-refractivity contribution in [1.29, 1.82) is 15.8 Å². The zero-order valence-electron chi connectivity index (χ0n) is 21.6. The number of rotatable bonds is 3. The number of nitrogens with zero attached hydrogens (tertiary/aromatic N) is 10. The predicted octanol–water partition coefficient (Wildman–Crippen LogP) is 1.52. The zero-order valence-corrected chi connectivity index (χ0v) is 21.6. The summed E-state index contributed by atoms with van der Waals surface area (Å²) in [6.07, 6.45) is 0. The lowest BCUT2D eigenvalue weighted by molar-refractivity contribution is 1.16. The molecule has 0 bridgehead atoms. The van der Waals surface area contributed by atoms with Gasteiger partial charge in [0.15, 0.2) is 17.5 Å². The molecule has 3 aromatic carbocycles. The number of pyridine rings is 1. The fourth-order valence-corrected chi connectivity index (χ4v) is 4.67. The molecular formula is C32H14N10. The van der Waals surface area contributed by atoms with E-state index in [1.54, 1.807) is 36.4 Å². The van der Waals surface area contributed by atoms with E-state index < -0.39 is 0 Å². The molecule has 0 spiro atoms. The van der Waals surface area contributed by atoms with E-state index in [1.807, 2.05) is 48.5 Å². The molecule has 0 aliphatic carbocycles. The third-order valence-electron chi connectivity index (χ3n) is 6.64. The Hall–Kier alpha value is -6.70. The Morgan fingerprint density at radius 3 is 1.00 bits per heavy atom.